The number of hydrogen-bond donors (Lipinski definition) is 1. The number of nitrogens with one attached hydrogen (secondary N) is 1. The fraction of sp³-hybridized carbons (Fsp3) is 0.385. The van der Waals surface area contributed by atoms with Crippen molar-refractivity contribution in [2.45, 2.75) is 25.6 Å². The first-order valence-electron chi connectivity index (χ1n) is 5.66. The zero-order valence-electron chi connectivity index (χ0n) is 10.1. The summed E-state index contributed by atoms with van der Waals surface area (Å²) in [4.78, 5) is 0. The fourth-order valence-electron chi connectivity index (χ4n) is 1.85. The monoisotopic (exact) mass is 257 g/mol. The molecule has 2 rings (SSSR count). The van der Waals surface area contributed by atoms with Gasteiger partial charge in [-0.1, -0.05) is 0 Å². The van der Waals surface area contributed by atoms with Crippen molar-refractivity contribution in [3.05, 3.63) is 35.6 Å². The zero-order valence-corrected chi connectivity index (χ0v) is 10.1. The molecule has 0 bridgehead atoms. The number of halogens is 3. The van der Waals surface area contributed by atoms with Crippen LogP contribution < -0.4 is 5.32 Å². The van der Waals surface area contributed by atoms with Crippen molar-refractivity contribution in [3.63, 3.8) is 0 Å². The quantitative estimate of drug-likeness (QED) is 0.908. The molecule has 0 radical (unpaired) electrons. The molecule has 0 aliphatic heterocycles. The molecular formula is C13H14F3NO. The van der Waals surface area contributed by atoms with Gasteiger partial charge in [-0.25, -0.2) is 0 Å². The Hall–Kier alpha value is -1.49. The summed E-state index contributed by atoms with van der Waals surface area (Å²) in [5.74, 6) is 0. The van der Waals surface area contributed by atoms with Crippen LogP contribution in [0.1, 0.15) is 18.1 Å². The lowest BCUT2D eigenvalue weighted by atomic mass is 10.0. The highest BCUT2D eigenvalue weighted by Gasteiger charge is 2.31. The molecule has 2 nitrogen and oxygen atoms in total. The number of hydrogen-bond acceptors (Lipinski definition) is 2. The van der Waals surface area contributed by atoms with Gasteiger partial charge in [0.1, 0.15) is 5.58 Å². The third-order valence-electron chi connectivity index (χ3n) is 3.00. The smallest absolute Gasteiger partial charge is 0.416 e. The highest BCUT2D eigenvalue weighted by atomic mass is 19.4. The third-order valence-corrected chi connectivity index (χ3v) is 3.00. The molecule has 0 spiro atoms. The van der Waals surface area contributed by atoms with Gasteiger partial charge < -0.3 is 9.73 Å². The van der Waals surface area contributed by atoms with Crippen molar-refractivity contribution in [3.8, 4) is 0 Å². The van der Waals surface area contributed by atoms with E-state index in [0.29, 0.717) is 17.4 Å². The molecule has 0 aliphatic rings. The molecule has 1 unspecified atom stereocenters. The largest absolute Gasteiger partial charge is 0.464 e. The lowest BCUT2D eigenvalue weighted by Gasteiger charge is -2.09. The van der Waals surface area contributed by atoms with Crippen LogP contribution in [0.4, 0.5) is 13.2 Å². The summed E-state index contributed by atoms with van der Waals surface area (Å²) in [5, 5.41) is 3.58. The molecule has 18 heavy (non-hydrogen) atoms. The number of benzene rings is 1. The van der Waals surface area contributed by atoms with E-state index < -0.39 is 11.7 Å². The van der Waals surface area contributed by atoms with E-state index in [9.17, 15) is 13.2 Å². The van der Waals surface area contributed by atoms with Crippen LogP contribution in [0.2, 0.25) is 0 Å². The van der Waals surface area contributed by atoms with E-state index in [1.165, 1.54) is 12.3 Å². The molecule has 1 aromatic heterocycles. The normalized spacial score (nSPS) is 14.1. The lowest BCUT2D eigenvalue weighted by Crippen LogP contribution is -2.23. The van der Waals surface area contributed by atoms with Crippen LogP contribution in [0.5, 0.6) is 0 Å². The summed E-state index contributed by atoms with van der Waals surface area (Å²) in [7, 11) is 1.81. The Morgan fingerprint density at radius 2 is 2.06 bits per heavy atom. The highest BCUT2D eigenvalue weighted by Crippen LogP contribution is 2.33. The highest BCUT2D eigenvalue weighted by molar-refractivity contribution is 5.82. The summed E-state index contributed by atoms with van der Waals surface area (Å²) in [6.45, 7) is 1.96. The topological polar surface area (TPSA) is 25.2 Å². The molecule has 0 saturated carbocycles. The Kier molecular flexibility index (Phi) is 3.34. The number of furan rings is 1. The van der Waals surface area contributed by atoms with E-state index in [2.05, 4.69) is 5.32 Å². The predicted molar refractivity (Wildman–Crippen MR) is 63.4 cm³/mol. The maximum atomic E-state index is 12.6. The minimum Gasteiger partial charge on any atom is -0.464 e. The molecule has 0 aliphatic carbocycles. The Morgan fingerprint density at radius 3 is 2.67 bits per heavy atom. The van der Waals surface area contributed by atoms with Crippen LogP contribution in [-0.4, -0.2) is 13.1 Å². The van der Waals surface area contributed by atoms with E-state index in [-0.39, 0.29) is 6.04 Å². The van der Waals surface area contributed by atoms with Crippen molar-refractivity contribution in [1.82, 2.24) is 5.32 Å². The van der Waals surface area contributed by atoms with Crippen molar-refractivity contribution in [1.29, 1.82) is 0 Å². The van der Waals surface area contributed by atoms with Crippen LogP contribution in [0.3, 0.4) is 0 Å². The Balaban J connectivity index is 2.43. The van der Waals surface area contributed by atoms with Gasteiger partial charge in [0.15, 0.2) is 0 Å². The Bertz CT molecular complexity index is 545. The third kappa shape index (κ3) is 2.51. The fourth-order valence-corrected chi connectivity index (χ4v) is 1.85. The molecule has 2 aromatic rings. The number of likely N-dealkylation sites (N-methyl/N-ethyl adjacent to an activating group) is 1. The summed E-state index contributed by atoms with van der Waals surface area (Å²) < 4.78 is 43.2. The van der Waals surface area contributed by atoms with Crippen LogP contribution in [0, 0.1) is 0 Å². The molecule has 98 valence electrons. The van der Waals surface area contributed by atoms with Crippen molar-refractivity contribution in [2.24, 2.45) is 0 Å². The average Bonchev–Trinajstić information content (AvgIpc) is 2.70. The van der Waals surface area contributed by atoms with Gasteiger partial charge in [0, 0.05) is 11.4 Å². The van der Waals surface area contributed by atoms with Gasteiger partial charge in [0.25, 0.3) is 0 Å². The first-order chi connectivity index (χ1) is 8.41. The maximum Gasteiger partial charge on any atom is 0.416 e. The number of fused-ring (bicyclic) bond motifs is 1. The first kappa shape index (κ1) is 13.0. The van der Waals surface area contributed by atoms with Crippen molar-refractivity contribution >= 4 is 11.0 Å². The van der Waals surface area contributed by atoms with Gasteiger partial charge in [-0.05, 0) is 44.2 Å². The molecule has 1 N–H and O–H groups in total. The summed E-state index contributed by atoms with van der Waals surface area (Å²) in [6, 6.07) is 3.74. The second-order valence-corrected chi connectivity index (χ2v) is 4.36. The van der Waals surface area contributed by atoms with Gasteiger partial charge >= 0.3 is 6.18 Å². The van der Waals surface area contributed by atoms with Gasteiger partial charge in [0.2, 0.25) is 0 Å². The lowest BCUT2D eigenvalue weighted by molar-refractivity contribution is -0.137. The molecule has 1 atom stereocenters. The van der Waals surface area contributed by atoms with E-state index in [0.717, 1.165) is 17.7 Å². The standard InChI is InChI=1S/C13H14F3NO/c1-8(17-2)5-9-7-18-12-4-3-10(6-11(9)12)13(14,15)16/h3-4,6-8,17H,5H2,1-2H3. The van der Waals surface area contributed by atoms with Crippen LogP contribution in [0.15, 0.2) is 28.9 Å². The second-order valence-electron chi connectivity index (χ2n) is 4.36. The van der Waals surface area contributed by atoms with Gasteiger partial charge in [-0.2, -0.15) is 13.2 Å². The van der Waals surface area contributed by atoms with Crippen LogP contribution in [-0.2, 0) is 12.6 Å². The summed E-state index contributed by atoms with van der Waals surface area (Å²) in [5.41, 5.74) is 0.633. The van der Waals surface area contributed by atoms with Crippen molar-refractivity contribution in [2.75, 3.05) is 7.05 Å². The number of rotatable bonds is 3. The van der Waals surface area contributed by atoms with Crippen molar-refractivity contribution < 1.29 is 17.6 Å². The second kappa shape index (κ2) is 4.65. The predicted octanol–water partition coefficient (Wildman–Crippen LogP) is 3.60. The minimum atomic E-state index is -4.32. The molecule has 1 heterocycles. The van der Waals surface area contributed by atoms with E-state index in [1.54, 1.807) is 0 Å². The minimum absolute atomic E-state index is 0.181. The summed E-state index contributed by atoms with van der Waals surface area (Å²) >= 11 is 0. The van der Waals surface area contributed by atoms with E-state index in [4.69, 9.17) is 4.42 Å². The molecule has 0 fully saturated rings. The summed E-state index contributed by atoms with van der Waals surface area (Å²) in [6.07, 6.45) is -2.17. The van der Waals surface area contributed by atoms with Gasteiger partial charge in [0.05, 0.1) is 11.8 Å². The molecule has 0 saturated heterocycles. The maximum absolute atomic E-state index is 12.6. The number of alkyl halides is 3. The molecular weight excluding hydrogens is 243 g/mol. The Morgan fingerprint density at radius 1 is 1.33 bits per heavy atom. The molecule has 5 heteroatoms. The SMILES string of the molecule is CNC(C)Cc1coc2ccc(C(F)(F)F)cc12. The zero-order chi connectivity index (χ0) is 13.3. The molecule has 0 amide bonds. The van der Waals surface area contributed by atoms with E-state index in [1.807, 2.05) is 14.0 Å². The average molecular weight is 257 g/mol. The first-order valence-corrected chi connectivity index (χ1v) is 5.66. The van der Waals surface area contributed by atoms with Crippen LogP contribution >= 0.6 is 0 Å². The van der Waals surface area contributed by atoms with Crippen LogP contribution in [0.25, 0.3) is 11.0 Å². The van der Waals surface area contributed by atoms with E-state index >= 15 is 0 Å². The Labute approximate surface area is 103 Å². The molecule has 1 aromatic carbocycles. The van der Waals surface area contributed by atoms with Gasteiger partial charge in [-0.15, -0.1) is 0 Å². The van der Waals surface area contributed by atoms with Gasteiger partial charge in [-0.3, -0.25) is 0 Å².